The Bertz CT molecular complexity index is 1120. The van der Waals surface area contributed by atoms with Gasteiger partial charge in [0.05, 0.1) is 0 Å². The molecule has 1 saturated heterocycles. The van der Waals surface area contributed by atoms with Gasteiger partial charge in [0.2, 0.25) is 0 Å². The van der Waals surface area contributed by atoms with E-state index < -0.39 is 29.3 Å². The van der Waals surface area contributed by atoms with Gasteiger partial charge in [-0.2, -0.15) is 0 Å². The van der Waals surface area contributed by atoms with Crippen LogP contribution in [0.4, 0.5) is 4.79 Å². The van der Waals surface area contributed by atoms with E-state index in [9.17, 15) is 19.5 Å². The van der Waals surface area contributed by atoms with Gasteiger partial charge >= 0.3 is 12.0 Å². The molecule has 168 valence electrons. The monoisotopic (exact) mass is 491 g/mol. The highest BCUT2D eigenvalue weighted by atomic mass is 32.2. The van der Waals surface area contributed by atoms with Crippen molar-refractivity contribution in [1.82, 2.24) is 20.0 Å². The molecule has 0 spiro atoms. The van der Waals surface area contributed by atoms with E-state index in [2.05, 4.69) is 10.2 Å². The number of aliphatic carboxylic acids is 1. The minimum atomic E-state index is -1.16. The van der Waals surface area contributed by atoms with Gasteiger partial charge in [-0.15, -0.1) is 22.0 Å². The molecule has 0 radical (unpaired) electrons. The van der Waals surface area contributed by atoms with Gasteiger partial charge in [0.25, 0.3) is 5.91 Å². The molecule has 2 atom stereocenters. The number of carbonyl (C=O) groups excluding carboxylic acids is 2. The fourth-order valence-corrected chi connectivity index (χ4v) is 7.10. The lowest BCUT2D eigenvalue weighted by atomic mass is 10.0. The van der Waals surface area contributed by atoms with Gasteiger partial charge < -0.3 is 15.7 Å². The number of benzene rings is 1. The maximum Gasteiger partial charge on any atom is 0.352 e. The minimum absolute atomic E-state index is 0.0105. The van der Waals surface area contributed by atoms with Crippen LogP contribution in [-0.2, 0) is 16.1 Å². The second-order valence-corrected chi connectivity index (χ2v) is 11.0. The van der Waals surface area contributed by atoms with Crippen LogP contribution >= 0.6 is 34.9 Å². The van der Waals surface area contributed by atoms with E-state index in [1.165, 1.54) is 44.7 Å². The maximum atomic E-state index is 13.1. The Labute approximate surface area is 197 Å². The van der Waals surface area contributed by atoms with Crippen molar-refractivity contribution in [3.63, 3.8) is 0 Å². The van der Waals surface area contributed by atoms with E-state index >= 15 is 0 Å². The van der Waals surface area contributed by atoms with Crippen molar-refractivity contribution >= 4 is 52.8 Å². The van der Waals surface area contributed by atoms with E-state index in [0.29, 0.717) is 17.1 Å². The lowest BCUT2D eigenvalue weighted by Crippen LogP contribution is -2.71. The minimum Gasteiger partial charge on any atom is -0.477 e. The highest BCUT2D eigenvalue weighted by molar-refractivity contribution is 8.01. The molecule has 9 nitrogen and oxygen atoms in total. The van der Waals surface area contributed by atoms with Crippen LogP contribution in [0.3, 0.4) is 0 Å². The van der Waals surface area contributed by atoms with Crippen molar-refractivity contribution in [1.29, 1.82) is 0 Å². The number of amides is 3. The molecule has 0 aliphatic carbocycles. The first-order chi connectivity index (χ1) is 15.3. The number of carbonyl (C=O) groups is 3. The Morgan fingerprint density at radius 3 is 2.75 bits per heavy atom. The summed E-state index contributed by atoms with van der Waals surface area (Å²) >= 11 is 4.28. The molecule has 1 aromatic carbocycles. The molecule has 1 fully saturated rings. The summed E-state index contributed by atoms with van der Waals surface area (Å²) in [5.41, 5.74) is 8.14. The number of carboxylic acids is 1. The second kappa shape index (κ2) is 9.12. The van der Waals surface area contributed by atoms with E-state index in [1.54, 1.807) is 0 Å². The Morgan fingerprint density at radius 1 is 1.34 bits per heavy atom. The van der Waals surface area contributed by atoms with Gasteiger partial charge in [-0.1, -0.05) is 52.9 Å². The van der Waals surface area contributed by atoms with Gasteiger partial charge in [-0.25, -0.2) is 9.59 Å². The number of carboxylic acid groups (broad SMARTS) is 1. The second-order valence-electron chi connectivity index (χ2n) is 7.44. The highest BCUT2D eigenvalue weighted by Gasteiger charge is 2.56. The summed E-state index contributed by atoms with van der Waals surface area (Å²) < 4.78 is 0.748. The summed E-state index contributed by atoms with van der Waals surface area (Å²) in [5, 5.41) is 18.2. The Kier molecular flexibility index (Phi) is 6.45. The van der Waals surface area contributed by atoms with E-state index in [-0.39, 0.29) is 12.2 Å². The van der Waals surface area contributed by atoms with Crippen LogP contribution < -0.4 is 5.73 Å². The van der Waals surface area contributed by atoms with Gasteiger partial charge in [0.15, 0.2) is 4.34 Å². The first kappa shape index (κ1) is 22.6. The number of aromatic nitrogens is 2. The summed E-state index contributed by atoms with van der Waals surface area (Å²) in [6.07, 6.45) is 0. The van der Waals surface area contributed by atoms with Gasteiger partial charge in [0, 0.05) is 18.1 Å². The molecule has 3 amide bonds. The number of thioether (sulfide) groups is 2. The number of fused-ring (bicyclic) bond motifs is 1. The average molecular weight is 492 g/mol. The zero-order valence-electron chi connectivity index (χ0n) is 17.3. The smallest absolute Gasteiger partial charge is 0.352 e. The molecule has 2 aliphatic heterocycles. The van der Waals surface area contributed by atoms with Crippen molar-refractivity contribution in [3.05, 3.63) is 51.7 Å². The number of primary amides is 1. The third kappa shape index (κ3) is 4.34. The van der Waals surface area contributed by atoms with Crippen LogP contribution in [-0.4, -0.2) is 65.9 Å². The van der Waals surface area contributed by atoms with Crippen molar-refractivity contribution in [2.75, 3.05) is 11.5 Å². The molecule has 32 heavy (non-hydrogen) atoms. The zero-order valence-corrected chi connectivity index (χ0v) is 19.8. The summed E-state index contributed by atoms with van der Waals surface area (Å²) in [4.78, 5) is 40.0. The molecule has 1 unspecified atom stereocenters. The average Bonchev–Trinajstić information content (AvgIpc) is 3.16. The Hall–Kier alpha value is -2.57. The van der Waals surface area contributed by atoms with Gasteiger partial charge in [0.1, 0.15) is 22.1 Å². The number of β-lactam (4-membered cyclic amide) rings is 1. The summed E-state index contributed by atoms with van der Waals surface area (Å²) in [7, 11) is 0. The summed E-state index contributed by atoms with van der Waals surface area (Å²) in [6.45, 7) is 3.98. The van der Waals surface area contributed by atoms with Gasteiger partial charge in [-0.3, -0.25) is 9.69 Å². The molecule has 0 saturated carbocycles. The first-order valence-corrected chi connectivity index (χ1v) is 12.6. The number of urea groups is 1. The van der Waals surface area contributed by atoms with Crippen LogP contribution in [0.1, 0.15) is 16.1 Å². The predicted octanol–water partition coefficient (Wildman–Crippen LogP) is 2.45. The van der Waals surface area contributed by atoms with Crippen molar-refractivity contribution in [2.45, 2.75) is 36.1 Å². The molecule has 2 aliphatic rings. The molecule has 3 heterocycles. The number of rotatable bonds is 7. The van der Waals surface area contributed by atoms with Crippen molar-refractivity contribution in [3.8, 4) is 0 Å². The van der Waals surface area contributed by atoms with E-state index in [0.717, 1.165) is 20.5 Å². The number of hydrogen-bond donors (Lipinski definition) is 2. The zero-order chi connectivity index (χ0) is 23.0. The van der Waals surface area contributed by atoms with Crippen molar-refractivity contribution in [2.24, 2.45) is 5.73 Å². The predicted molar refractivity (Wildman–Crippen MR) is 123 cm³/mol. The molecule has 3 N–H and O–H groups in total. The van der Waals surface area contributed by atoms with Crippen molar-refractivity contribution < 1.29 is 19.5 Å². The topological polar surface area (TPSA) is 130 Å². The fourth-order valence-electron chi connectivity index (χ4n) is 3.73. The largest absolute Gasteiger partial charge is 0.477 e. The molecule has 1 aromatic heterocycles. The lowest BCUT2D eigenvalue weighted by Gasteiger charge is -2.52. The fraction of sp³-hybridized carbons (Fsp3) is 0.350. The Morgan fingerprint density at radius 2 is 2.12 bits per heavy atom. The molecule has 0 bridgehead atoms. The molecule has 12 heteroatoms. The van der Waals surface area contributed by atoms with Gasteiger partial charge in [-0.05, 0) is 25.0 Å². The standard InChI is InChI=1S/C20H21N5O4S3/c1-10-4-3-5-12(6-10)7-24(19(21)29)15-16(26)25-14(18(27)28)13(8-30-17(15)25)9-31-20-23-22-11(2)32-20/h3-6,15,17H,7-9H2,1-2H3,(H2,21,29)(H,27,28)/t15?,17-/m1/s1. The third-order valence-corrected chi connectivity index (χ3v) is 8.54. The summed E-state index contributed by atoms with van der Waals surface area (Å²) in [5.74, 6) is -0.752. The van der Waals surface area contributed by atoms with E-state index in [4.69, 9.17) is 5.73 Å². The highest BCUT2D eigenvalue weighted by Crippen LogP contribution is 2.43. The van der Waals surface area contributed by atoms with Crippen LogP contribution in [0.5, 0.6) is 0 Å². The lowest BCUT2D eigenvalue weighted by molar-refractivity contribution is -0.153. The van der Waals surface area contributed by atoms with Crippen LogP contribution in [0.15, 0.2) is 39.9 Å². The first-order valence-electron chi connectivity index (χ1n) is 9.70. The Balaban J connectivity index is 1.55. The van der Waals surface area contributed by atoms with E-state index in [1.807, 2.05) is 38.1 Å². The third-order valence-electron chi connectivity index (χ3n) is 5.15. The number of aryl methyl sites for hydroxylation is 2. The number of nitrogens with two attached hydrogens (primary N) is 1. The van der Waals surface area contributed by atoms with Crippen LogP contribution in [0, 0.1) is 13.8 Å². The van der Waals surface area contributed by atoms with Crippen LogP contribution in [0.2, 0.25) is 0 Å². The SMILES string of the molecule is Cc1cccc(CN(C(N)=O)C2C(=O)N3C(C(=O)O)=C(CSc4nnc(C)s4)CS[C@H]23)c1. The maximum absolute atomic E-state index is 13.1. The molecule has 4 rings (SSSR count). The molecular weight excluding hydrogens is 470 g/mol. The number of nitrogens with zero attached hydrogens (tertiary/aromatic N) is 4. The molecule has 2 aromatic rings. The number of hydrogen-bond acceptors (Lipinski definition) is 8. The summed E-state index contributed by atoms with van der Waals surface area (Å²) in [6, 6.07) is 6.11. The normalized spacial score (nSPS) is 20.1. The van der Waals surface area contributed by atoms with Crippen LogP contribution in [0.25, 0.3) is 0 Å². The quantitative estimate of drug-likeness (QED) is 0.446. The molecular formula is C20H21N5O4S3.